The van der Waals surface area contributed by atoms with Gasteiger partial charge in [-0.3, -0.25) is 4.79 Å². The molecule has 8 heteroatoms. The smallest absolute Gasteiger partial charge is 0.282 e. The Bertz CT molecular complexity index is 1070. The van der Waals surface area contributed by atoms with E-state index in [4.69, 9.17) is 4.74 Å². The Morgan fingerprint density at radius 1 is 1.00 bits per heavy atom. The zero-order valence-electron chi connectivity index (χ0n) is 18.5. The van der Waals surface area contributed by atoms with Gasteiger partial charge in [0, 0.05) is 54.8 Å². The predicted molar refractivity (Wildman–Crippen MR) is 129 cm³/mol. The molecule has 2 saturated heterocycles. The van der Waals surface area contributed by atoms with Crippen LogP contribution in [0.4, 0.5) is 23.0 Å². The van der Waals surface area contributed by atoms with E-state index in [0.717, 1.165) is 68.3 Å². The number of anilines is 4. The van der Waals surface area contributed by atoms with Crippen LogP contribution in [0.25, 0.3) is 11.3 Å². The van der Waals surface area contributed by atoms with Gasteiger partial charge in [0.2, 0.25) is 5.95 Å². The summed E-state index contributed by atoms with van der Waals surface area (Å²) >= 11 is 0. The quantitative estimate of drug-likeness (QED) is 0.539. The van der Waals surface area contributed by atoms with Crippen molar-refractivity contribution in [2.24, 2.45) is 0 Å². The normalized spacial score (nSPS) is 18.2. The van der Waals surface area contributed by atoms with Crippen LogP contribution in [0.1, 0.15) is 12.8 Å². The summed E-state index contributed by atoms with van der Waals surface area (Å²) in [7, 11) is 0. The molecule has 1 amide bonds. The molecule has 5 rings (SSSR count). The van der Waals surface area contributed by atoms with Crippen LogP contribution in [0.15, 0.2) is 60.8 Å². The average molecular weight is 446 g/mol. The number of carbonyl (C=O) groups excluding carboxylic acids is 1. The molecule has 2 aromatic carbocycles. The zero-order chi connectivity index (χ0) is 22.5. The minimum Gasteiger partial charge on any atom is -0.378 e. The van der Waals surface area contributed by atoms with E-state index in [1.807, 2.05) is 42.5 Å². The van der Waals surface area contributed by atoms with Crippen LogP contribution >= 0.6 is 0 Å². The molecule has 0 saturated carbocycles. The third-order valence-corrected chi connectivity index (χ3v) is 6.11. The van der Waals surface area contributed by atoms with Gasteiger partial charge in [-0.1, -0.05) is 12.1 Å². The second-order valence-corrected chi connectivity index (χ2v) is 8.38. The molecule has 0 spiro atoms. The Hall–Kier alpha value is -3.49. The Labute approximate surface area is 193 Å². The molecule has 2 fully saturated rings. The van der Waals surface area contributed by atoms with E-state index < -0.39 is 0 Å². The number of amides is 1. The number of hydrogen-bond acceptors (Lipinski definition) is 6. The Kier molecular flexibility index (Phi) is 6.46. The van der Waals surface area contributed by atoms with E-state index >= 15 is 0 Å². The minimum atomic E-state index is 0.0307. The first-order valence-corrected chi connectivity index (χ1v) is 11.5. The summed E-state index contributed by atoms with van der Waals surface area (Å²) in [4.78, 5) is 23.7. The number of carbonyl (C=O) groups is 1. The number of aromatic nitrogens is 2. The maximum absolute atomic E-state index is 12.3. The summed E-state index contributed by atoms with van der Waals surface area (Å²) in [6.07, 6.45) is 3.79. The maximum Gasteiger partial charge on any atom is 0.282 e. The molecule has 0 radical (unpaired) electrons. The highest BCUT2D eigenvalue weighted by Gasteiger charge is 2.26. The lowest BCUT2D eigenvalue weighted by Crippen LogP contribution is -2.88. The molecule has 8 nitrogen and oxygen atoms in total. The van der Waals surface area contributed by atoms with Gasteiger partial charge in [0.15, 0.2) is 6.04 Å². The number of ether oxygens (including phenoxy) is 1. The molecule has 1 aromatic heterocycles. The molecule has 2 aliphatic rings. The van der Waals surface area contributed by atoms with Gasteiger partial charge < -0.3 is 25.6 Å². The standard InChI is InChI=1S/C25H28N6O2/c32-24(23-2-1-12-26-23)28-19-5-3-18(4-6-19)22-11-13-27-25(30-22)29-20-7-9-21(10-8-20)31-14-16-33-17-15-31/h3-11,13,23,26H,1-2,12,14-17H2,(H,28,32)(H,27,29,30)/p+1/t23-/m1/s1. The average Bonchev–Trinajstić information content (AvgIpc) is 3.41. The number of nitrogens with two attached hydrogens (primary N) is 1. The topological polar surface area (TPSA) is 96.0 Å². The predicted octanol–water partition coefficient (Wildman–Crippen LogP) is 2.39. The number of hydrogen-bond donors (Lipinski definition) is 3. The molecule has 0 bridgehead atoms. The van der Waals surface area contributed by atoms with Crippen LogP contribution in [0.3, 0.4) is 0 Å². The fraction of sp³-hybridized carbons (Fsp3) is 0.320. The maximum atomic E-state index is 12.3. The zero-order valence-corrected chi connectivity index (χ0v) is 18.5. The third-order valence-electron chi connectivity index (χ3n) is 6.11. The van der Waals surface area contributed by atoms with Crippen LogP contribution in [0.5, 0.6) is 0 Å². The van der Waals surface area contributed by atoms with Crippen LogP contribution < -0.4 is 20.9 Å². The molecule has 3 heterocycles. The minimum absolute atomic E-state index is 0.0307. The fourth-order valence-corrected chi connectivity index (χ4v) is 4.26. The molecule has 0 aliphatic carbocycles. The summed E-state index contributed by atoms with van der Waals surface area (Å²) < 4.78 is 5.43. The molecule has 1 atom stereocenters. The van der Waals surface area contributed by atoms with Crippen LogP contribution in [0, 0.1) is 0 Å². The van der Waals surface area contributed by atoms with E-state index in [-0.39, 0.29) is 11.9 Å². The summed E-state index contributed by atoms with van der Waals surface area (Å²) in [5.74, 6) is 0.620. The first-order valence-electron chi connectivity index (χ1n) is 11.5. The van der Waals surface area contributed by atoms with Gasteiger partial charge in [0.25, 0.3) is 5.91 Å². The van der Waals surface area contributed by atoms with Crippen LogP contribution in [-0.2, 0) is 9.53 Å². The number of morpholine rings is 1. The number of benzene rings is 2. The third kappa shape index (κ3) is 5.30. The Morgan fingerprint density at radius 3 is 2.48 bits per heavy atom. The van der Waals surface area contributed by atoms with Crippen LogP contribution in [0.2, 0.25) is 0 Å². The largest absolute Gasteiger partial charge is 0.378 e. The van der Waals surface area contributed by atoms with Gasteiger partial charge in [-0.05, 0) is 42.5 Å². The summed E-state index contributed by atoms with van der Waals surface area (Å²) in [6, 6.07) is 18.0. The second-order valence-electron chi connectivity index (χ2n) is 8.38. The lowest BCUT2D eigenvalue weighted by Gasteiger charge is -2.28. The van der Waals surface area contributed by atoms with Crippen molar-refractivity contribution in [3.63, 3.8) is 0 Å². The monoisotopic (exact) mass is 445 g/mol. The number of quaternary nitrogens is 1. The lowest BCUT2D eigenvalue weighted by molar-refractivity contribution is -0.656. The second kappa shape index (κ2) is 9.97. The summed E-state index contributed by atoms with van der Waals surface area (Å²) in [6.45, 7) is 4.40. The van der Waals surface area contributed by atoms with Gasteiger partial charge >= 0.3 is 0 Å². The van der Waals surface area contributed by atoms with E-state index in [9.17, 15) is 4.79 Å². The first-order chi connectivity index (χ1) is 16.2. The molecule has 2 aliphatic heterocycles. The number of nitrogens with zero attached hydrogens (tertiary/aromatic N) is 3. The van der Waals surface area contributed by atoms with Gasteiger partial charge in [-0.25, -0.2) is 9.97 Å². The van der Waals surface area contributed by atoms with Gasteiger partial charge in [0.1, 0.15) is 0 Å². The van der Waals surface area contributed by atoms with Gasteiger partial charge in [0.05, 0.1) is 25.5 Å². The van der Waals surface area contributed by atoms with E-state index in [2.05, 4.69) is 43.0 Å². The highest BCUT2D eigenvalue weighted by Crippen LogP contribution is 2.23. The fourth-order valence-electron chi connectivity index (χ4n) is 4.26. The van der Waals surface area contributed by atoms with E-state index in [1.54, 1.807) is 6.20 Å². The molecule has 3 aromatic rings. The van der Waals surface area contributed by atoms with Crippen molar-refractivity contribution < 1.29 is 14.8 Å². The van der Waals surface area contributed by atoms with Crippen molar-refractivity contribution >= 4 is 28.9 Å². The van der Waals surface area contributed by atoms with Crippen molar-refractivity contribution in [2.75, 3.05) is 48.4 Å². The SMILES string of the molecule is O=C(Nc1ccc(-c2ccnc(Nc3ccc(N4CCOCC4)cc3)n2)cc1)[C@H]1CCC[NH2+]1. The molecule has 33 heavy (non-hydrogen) atoms. The van der Waals surface area contributed by atoms with Gasteiger partial charge in [-0.15, -0.1) is 0 Å². The molecule has 170 valence electrons. The Morgan fingerprint density at radius 2 is 1.76 bits per heavy atom. The highest BCUT2D eigenvalue weighted by atomic mass is 16.5. The van der Waals surface area contributed by atoms with Crippen molar-refractivity contribution in [2.45, 2.75) is 18.9 Å². The summed E-state index contributed by atoms with van der Waals surface area (Å²) in [5, 5.41) is 8.40. The van der Waals surface area contributed by atoms with Crippen molar-refractivity contribution in [3.05, 3.63) is 60.8 Å². The highest BCUT2D eigenvalue weighted by molar-refractivity contribution is 5.94. The van der Waals surface area contributed by atoms with Crippen LogP contribution in [-0.4, -0.2) is 54.8 Å². The molecular weight excluding hydrogens is 416 g/mol. The Balaban J connectivity index is 1.23. The number of nitrogens with one attached hydrogen (secondary N) is 2. The van der Waals surface area contributed by atoms with E-state index in [1.165, 1.54) is 5.69 Å². The van der Waals surface area contributed by atoms with Crippen molar-refractivity contribution in [1.29, 1.82) is 0 Å². The van der Waals surface area contributed by atoms with Crippen molar-refractivity contribution in [3.8, 4) is 11.3 Å². The molecular formula is C25H29N6O2+. The van der Waals surface area contributed by atoms with Gasteiger partial charge in [-0.2, -0.15) is 0 Å². The first kappa shape index (κ1) is 21.4. The number of rotatable bonds is 6. The van der Waals surface area contributed by atoms with Crippen molar-refractivity contribution in [1.82, 2.24) is 9.97 Å². The molecule has 4 N–H and O–H groups in total. The van der Waals surface area contributed by atoms with E-state index in [0.29, 0.717) is 5.95 Å². The molecule has 0 unspecified atom stereocenters. The lowest BCUT2D eigenvalue weighted by atomic mass is 10.1. The summed E-state index contributed by atoms with van der Waals surface area (Å²) in [5.41, 5.74) is 4.72.